The average molecular weight is 450 g/mol. The fourth-order valence-electron chi connectivity index (χ4n) is 4.27. The van der Waals surface area contributed by atoms with Gasteiger partial charge in [-0.2, -0.15) is 0 Å². The Morgan fingerprint density at radius 3 is 2.00 bits per heavy atom. The minimum absolute atomic E-state index is 0.136. The first-order chi connectivity index (χ1) is 15.6. The number of amides is 4. The Balaban J connectivity index is 1.46. The standard InChI is InChI=1S/C25H27N3O5/c1-25(2,3)28-23(31)17-10-9-16(15-19(17)24(28)32)21(29)26-11-13-27(14-12-26)22(30)18-7-5-6-8-20(18)33-4/h5-10,15H,11-14H2,1-4H3. The number of methoxy groups -OCH3 is 1. The van der Waals surface area contributed by atoms with Gasteiger partial charge in [0.25, 0.3) is 23.6 Å². The van der Waals surface area contributed by atoms with Crippen molar-refractivity contribution in [2.75, 3.05) is 33.3 Å². The van der Waals surface area contributed by atoms with Crippen LogP contribution in [0.15, 0.2) is 42.5 Å². The molecule has 0 atom stereocenters. The van der Waals surface area contributed by atoms with Gasteiger partial charge in [-0.3, -0.25) is 24.1 Å². The fraction of sp³-hybridized carbons (Fsp3) is 0.360. The second kappa shape index (κ2) is 8.35. The molecule has 1 fully saturated rings. The average Bonchev–Trinajstić information content (AvgIpc) is 3.07. The van der Waals surface area contributed by atoms with Gasteiger partial charge in [0, 0.05) is 37.3 Å². The Morgan fingerprint density at radius 1 is 0.818 bits per heavy atom. The number of piperazine rings is 1. The van der Waals surface area contributed by atoms with Gasteiger partial charge in [0.05, 0.1) is 23.8 Å². The van der Waals surface area contributed by atoms with E-state index in [2.05, 4.69) is 0 Å². The van der Waals surface area contributed by atoms with Crippen LogP contribution in [-0.4, -0.2) is 77.2 Å². The molecule has 0 unspecified atom stereocenters. The second-order valence-electron chi connectivity index (χ2n) is 9.16. The second-order valence-corrected chi connectivity index (χ2v) is 9.16. The van der Waals surface area contributed by atoms with Crippen molar-refractivity contribution < 1.29 is 23.9 Å². The molecule has 2 aromatic rings. The third kappa shape index (κ3) is 3.97. The number of rotatable bonds is 3. The fourth-order valence-corrected chi connectivity index (χ4v) is 4.27. The molecule has 2 aliphatic heterocycles. The summed E-state index contributed by atoms with van der Waals surface area (Å²) in [4.78, 5) is 56.1. The topological polar surface area (TPSA) is 87.2 Å². The van der Waals surface area contributed by atoms with Crippen LogP contribution < -0.4 is 4.74 Å². The maximum atomic E-state index is 13.1. The first-order valence-corrected chi connectivity index (χ1v) is 10.9. The number of nitrogens with zero attached hydrogens (tertiary/aromatic N) is 3. The van der Waals surface area contributed by atoms with Crippen LogP contribution in [0.3, 0.4) is 0 Å². The Labute approximate surface area is 192 Å². The van der Waals surface area contributed by atoms with Crippen LogP contribution in [0.1, 0.15) is 62.2 Å². The number of imide groups is 1. The number of carbonyl (C=O) groups excluding carboxylic acids is 4. The van der Waals surface area contributed by atoms with E-state index in [-0.39, 0.29) is 29.2 Å². The molecule has 0 bridgehead atoms. The lowest BCUT2D eigenvalue weighted by molar-refractivity contribution is 0.0507. The Hall–Kier alpha value is -3.68. The highest BCUT2D eigenvalue weighted by Gasteiger charge is 2.42. The number of fused-ring (bicyclic) bond motifs is 1. The summed E-state index contributed by atoms with van der Waals surface area (Å²) in [5, 5.41) is 0. The van der Waals surface area contributed by atoms with Crippen molar-refractivity contribution >= 4 is 23.6 Å². The van der Waals surface area contributed by atoms with Gasteiger partial charge in [0.2, 0.25) is 0 Å². The van der Waals surface area contributed by atoms with Gasteiger partial charge >= 0.3 is 0 Å². The minimum atomic E-state index is -0.651. The molecule has 0 aromatic heterocycles. The quantitative estimate of drug-likeness (QED) is 0.673. The van der Waals surface area contributed by atoms with Crippen molar-refractivity contribution in [3.05, 3.63) is 64.7 Å². The molecule has 4 amide bonds. The molecule has 1 saturated heterocycles. The minimum Gasteiger partial charge on any atom is -0.496 e. The molecule has 0 N–H and O–H groups in total. The molecule has 0 saturated carbocycles. The molecule has 33 heavy (non-hydrogen) atoms. The maximum absolute atomic E-state index is 13.1. The molecule has 2 aromatic carbocycles. The first kappa shape index (κ1) is 22.5. The van der Waals surface area contributed by atoms with E-state index in [1.54, 1.807) is 60.9 Å². The van der Waals surface area contributed by atoms with Gasteiger partial charge in [0.15, 0.2) is 0 Å². The third-order valence-electron chi connectivity index (χ3n) is 6.00. The molecule has 4 rings (SSSR count). The molecular formula is C25H27N3O5. The zero-order valence-electron chi connectivity index (χ0n) is 19.3. The Morgan fingerprint density at radius 2 is 1.39 bits per heavy atom. The van der Waals surface area contributed by atoms with Crippen LogP contribution in [0.4, 0.5) is 0 Å². The van der Waals surface area contributed by atoms with Crippen molar-refractivity contribution in [2.24, 2.45) is 0 Å². The van der Waals surface area contributed by atoms with Crippen LogP contribution in [0.25, 0.3) is 0 Å². The van der Waals surface area contributed by atoms with E-state index >= 15 is 0 Å². The zero-order chi connectivity index (χ0) is 23.9. The van der Waals surface area contributed by atoms with Crippen LogP contribution in [0, 0.1) is 0 Å². The summed E-state index contributed by atoms with van der Waals surface area (Å²) in [5.41, 5.74) is 0.770. The van der Waals surface area contributed by atoms with E-state index in [0.717, 1.165) is 0 Å². The number of benzene rings is 2. The molecule has 0 spiro atoms. The van der Waals surface area contributed by atoms with Gasteiger partial charge in [-0.25, -0.2) is 0 Å². The first-order valence-electron chi connectivity index (χ1n) is 10.9. The molecule has 0 aliphatic carbocycles. The van der Waals surface area contributed by atoms with E-state index in [4.69, 9.17) is 4.74 Å². The van der Waals surface area contributed by atoms with Crippen molar-refractivity contribution in [1.82, 2.24) is 14.7 Å². The third-order valence-corrected chi connectivity index (χ3v) is 6.00. The lowest BCUT2D eigenvalue weighted by Crippen LogP contribution is -2.50. The number of hydrogen-bond acceptors (Lipinski definition) is 5. The van der Waals surface area contributed by atoms with Gasteiger partial charge in [-0.1, -0.05) is 12.1 Å². The van der Waals surface area contributed by atoms with Crippen LogP contribution in [-0.2, 0) is 0 Å². The summed E-state index contributed by atoms with van der Waals surface area (Å²) < 4.78 is 5.29. The molecule has 8 nitrogen and oxygen atoms in total. The molecule has 2 heterocycles. The Kier molecular flexibility index (Phi) is 5.69. The normalized spacial score (nSPS) is 16.2. The van der Waals surface area contributed by atoms with Gasteiger partial charge in [-0.05, 0) is 51.1 Å². The summed E-state index contributed by atoms with van der Waals surface area (Å²) in [7, 11) is 1.53. The summed E-state index contributed by atoms with van der Waals surface area (Å²) in [6.45, 7) is 6.92. The Bertz CT molecular complexity index is 1140. The summed E-state index contributed by atoms with van der Waals surface area (Å²) >= 11 is 0. The lowest BCUT2D eigenvalue weighted by Gasteiger charge is -2.35. The highest BCUT2D eigenvalue weighted by atomic mass is 16.5. The van der Waals surface area contributed by atoms with Gasteiger partial charge < -0.3 is 14.5 Å². The molecule has 2 aliphatic rings. The van der Waals surface area contributed by atoms with Crippen LogP contribution in [0.5, 0.6) is 5.75 Å². The number of carbonyl (C=O) groups is 4. The van der Waals surface area contributed by atoms with E-state index < -0.39 is 5.54 Å². The number of hydrogen-bond donors (Lipinski definition) is 0. The van der Waals surface area contributed by atoms with Gasteiger partial charge in [-0.15, -0.1) is 0 Å². The van der Waals surface area contributed by atoms with Crippen LogP contribution >= 0.6 is 0 Å². The van der Waals surface area contributed by atoms with Crippen molar-refractivity contribution in [3.63, 3.8) is 0 Å². The van der Waals surface area contributed by atoms with E-state index in [9.17, 15) is 19.2 Å². The van der Waals surface area contributed by atoms with Crippen LogP contribution in [0.2, 0.25) is 0 Å². The summed E-state index contributed by atoms with van der Waals surface area (Å²) in [5.74, 6) is -0.572. The van der Waals surface area contributed by atoms with Gasteiger partial charge in [0.1, 0.15) is 5.75 Å². The molecule has 0 radical (unpaired) electrons. The van der Waals surface area contributed by atoms with Crippen molar-refractivity contribution in [3.8, 4) is 5.75 Å². The predicted molar refractivity (Wildman–Crippen MR) is 121 cm³/mol. The molecule has 8 heteroatoms. The van der Waals surface area contributed by atoms with E-state index in [1.807, 2.05) is 6.07 Å². The van der Waals surface area contributed by atoms with Crippen molar-refractivity contribution in [1.29, 1.82) is 0 Å². The predicted octanol–water partition coefficient (Wildman–Crippen LogP) is 2.69. The highest BCUT2D eigenvalue weighted by Crippen LogP contribution is 2.30. The maximum Gasteiger partial charge on any atom is 0.262 e. The highest BCUT2D eigenvalue weighted by molar-refractivity contribution is 6.22. The van der Waals surface area contributed by atoms with E-state index in [0.29, 0.717) is 48.6 Å². The summed E-state index contributed by atoms with van der Waals surface area (Å²) in [6, 6.07) is 11.7. The summed E-state index contributed by atoms with van der Waals surface area (Å²) in [6.07, 6.45) is 0. The van der Waals surface area contributed by atoms with Crippen molar-refractivity contribution in [2.45, 2.75) is 26.3 Å². The number of ether oxygens (including phenoxy) is 1. The molecule has 172 valence electrons. The SMILES string of the molecule is COc1ccccc1C(=O)N1CCN(C(=O)c2ccc3c(c2)C(=O)N(C(C)(C)C)C3=O)CC1. The van der Waals surface area contributed by atoms with E-state index in [1.165, 1.54) is 18.1 Å². The lowest BCUT2D eigenvalue weighted by atomic mass is 10.0. The number of para-hydroxylation sites is 1. The monoisotopic (exact) mass is 449 g/mol. The molecular weight excluding hydrogens is 422 g/mol. The smallest absolute Gasteiger partial charge is 0.262 e. The largest absolute Gasteiger partial charge is 0.496 e. The zero-order valence-corrected chi connectivity index (χ0v) is 19.3.